The molecule has 1 aliphatic rings. The summed E-state index contributed by atoms with van der Waals surface area (Å²) in [6.07, 6.45) is 6.17. The Bertz CT molecular complexity index is 1080. The minimum Gasteiger partial charge on any atom is -0.452 e. The van der Waals surface area contributed by atoms with Crippen molar-refractivity contribution in [3.05, 3.63) is 66.6 Å². The molecule has 0 spiro atoms. The zero-order valence-corrected chi connectivity index (χ0v) is 17.8. The zero-order valence-electron chi connectivity index (χ0n) is 17.8. The van der Waals surface area contributed by atoms with Crippen molar-refractivity contribution < 1.29 is 19.1 Å². The number of benzene rings is 1. The summed E-state index contributed by atoms with van der Waals surface area (Å²) in [7, 11) is 1.73. The molecule has 3 heterocycles. The van der Waals surface area contributed by atoms with Crippen molar-refractivity contribution in [3.63, 3.8) is 0 Å². The van der Waals surface area contributed by atoms with E-state index in [4.69, 9.17) is 4.74 Å². The Balaban J connectivity index is 1.27. The SMILES string of the molecule is Cn1ncc(C(=O)OCC(=O)N2CCC(C(=O)Nc3ccccc3)CC2)c1-n1cccc1. The van der Waals surface area contributed by atoms with Gasteiger partial charge in [0.15, 0.2) is 6.61 Å². The Labute approximate surface area is 185 Å². The summed E-state index contributed by atoms with van der Waals surface area (Å²) >= 11 is 0. The lowest BCUT2D eigenvalue weighted by molar-refractivity contribution is -0.137. The third-order valence-corrected chi connectivity index (χ3v) is 5.56. The first-order valence-corrected chi connectivity index (χ1v) is 10.5. The number of aryl methyl sites for hydroxylation is 1. The van der Waals surface area contributed by atoms with Gasteiger partial charge in [-0.15, -0.1) is 0 Å². The molecule has 0 aliphatic carbocycles. The third kappa shape index (κ3) is 4.72. The highest BCUT2D eigenvalue weighted by molar-refractivity contribution is 5.94. The number of rotatable bonds is 6. The number of nitrogens with zero attached hydrogens (tertiary/aromatic N) is 4. The van der Waals surface area contributed by atoms with Crippen LogP contribution in [-0.2, 0) is 21.4 Å². The predicted molar refractivity (Wildman–Crippen MR) is 117 cm³/mol. The van der Waals surface area contributed by atoms with Crippen molar-refractivity contribution in [2.45, 2.75) is 12.8 Å². The fourth-order valence-corrected chi connectivity index (χ4v) is 3.81. The molecule has 0 atom stereocenters. The number of esters is 1. The Morgan fingerprint density at radius 1 is 1.06 bits per heavy atom. The lowest BCUT2D eigenvalue weighted by Crippen LogP contribution is -2.43. The Hall–Kier alpha value is -3.88. The molecule has 3 aromatic rings. The van der Waals surface area contributed by atoms with Gasteiger partial charge in [0.1, 0.15) is 11.4 Å². The molecule has 0 unspecified atom stereocenters. The number of piperidine rings is 1. The number of para-hydroxylation sites is 1. The number of amides is 2. The van der Waals surface area contributed by atoms with Gasteiger partial charge in [-0.05, 0) is 37.1 Å². The predicted octanol–water partition coefficient (Wildman–Crippen LogP) is 2.24. The molecule has 1 aliphatic heterocycles. The van der Waals surface area contributed by atoms with Gasteiger partial charge in [-0.2, -0.15) is 5.10 Å². The molecule has 9 heteroatoms. The molecule has 1 N–H and O–H groups in total. The van der Waals surface area contributed by atoms with Crippen LogP contribution in [0, 0.1) is 5.92 Å². The first-order chi connectivity index (χ1) is 15.5. The minimum absolute atomic E-state index is 0.0381. The van der Waals surface area contributed by atoms with Crippen molar-refractivity contribution >= 4 is 23.5 Å². The van der Waals surface area contributed by atoms with E-state index in [1.807, 2.05) is 42.5 Å². The van der Waals surface area contributed by atoms with E-state index in [-0.39, 0.29) is 29.9 Å². The van der Waals surface area contributed by atoms with E-state index in [2.05, 4.69) is 10.4 Å². The Morgan fingerprint density at radius 2 is 1.75 bits per heavy atom. The molecule has 1 aromatic carbocycles. The number of likely N-dealkylation sites (tertiary alicyclic amines) is 1. The highest BCUT2D eigenvalue weighted by Gasteiger charge is 2.28. The highest BCUT2D eigenvalue weighted by atomic mass is 16.5. The number of carbonyl (C=O) groups excluding carboxylic acids is 3. The maximum atomic E-state index is 12.6. The van der Waals surface area contributed by atoms with Gasteiger partial charge in [-0.25, -0.2) is 4.79 Å². The van der Waals surface area contributed by atoms with Crippen molar-refractivity contribution in [1.82, 2.24) is 19.2 Å². The molecule has 2 amide bonds. The molecule has 32 heavy (non-hydrogen) atoms. The van der Waals surface area contributed by atoms with E-state index >= 15 is 0 Å². The number of carbonyl (C=O) groups is 3. The third-order valence-electron chi connectivity index (χ3n) is 5.56. The van der Waals surface area contributed by atoms with E-state index in [0.29, 0.717) is 31.7 Å². The molecule has 0 radical (unpaired) electrons. The van der Waals surface area contributed by atoms with E-state index in [0.717, 1.165) is 5.69 Å². The molecule has 2 aromatic heterocycles. The van der Waals surface area contributed by atoms with Gasteiger partial charge in [0.05, 0.1) is 6.20 Å². The smallest absolute Gasteiger partial charge is 0.344 e. The molecule has 1 saturated heterocycles. The van der Waals surface area contributed by atoms with E-state index < -0.39 is 5.97 Å². The van der Waals surface area contributed by atoms with Crippen molar-refractivity contribution in [2.75, 3.05) is 25.0 Å². The Kier molecular flexibility index (Phi) is 6.34. The summed E-state index contributed by atoms with van der Waals surface area (Å²) in [4.78, 5) is 39.2. The summed E-state index contributed by atoms with van der Waals surface area (Å²) in [5.41, 5.74) is 1.05. The monoisotopic (exact) mass is 435 g/mol. The summed E-state index contributed by atoms with van der Waals surface area (Å²) in [6, 6.07) is 13.0. The number of hydrogen-bond donors (Lipinski definition) is 1. The van der Waals surface area contributed by atoms with Gasteiger partial charge < -0.3 is 19.5 Å². The van der Waals surface area contributed by atoms with Crippen LogP contribution in [0.3, 0.4) is 0 Å². The van der Waals surface area contributed by atoms with Crippen LogP contribution in [0.2, 0.25) is 0 Å². The number of hydrogen-bond acceptors (Lipinski definition) is 5. The molecule has 166 valence electrons. The average Bonchev–Trinajstić information content (AvgIpc) is 3.47. The highest BCUT2D eigenvalue weighted by Crippen LogP contribution is 2.20. The largest absolute Gasteiger partial charge is 0.452 e. The molecule has 9 nitrogen and oxygen atoms in total. The van der Waals surface area contributed by atoms with Crippen LogP contribution in [-0.4, -0.2) is 56.7 Å². The lowest BCUT2D eigenvalue weighted by Gasteiger charge is -2.31. The van der Waals surface area contributed by atoms with Crippen LogP contribution in [0.25, 0.3) is 5.82 Å². The second-order valence-electron chi connectivity index (χ2n) is 7.68. The minimum atomic E-state index is -0.604. The molecule has 1 fully saturated rings. The normalized spacial score (nSPS) is 14.2. The first-order valence-electron chi connectivity index (χ1n) is 10.5. The van der Waals surface area contributed by atoms with E-state index in [9.17, 15) is 14.4 Å². The van der Waals surface area contributed by atoms with Crippen LogP contribution in [0.4, 0.5) is 5.69 Å². The van der Waals surface area contributed by atoms with Crippen LogP contribution < -0.4 is 5.32 Å². The van der Waals surface area contributed by atoms with Gasteiger partial charge >= 0.3 is 5.97 Å². The number of anilines is 1. The van der Waals surface area contributed by atoms with Crippen molar-refractivity contribution in [1.29, 1.82) is 0 Å². The first kappa shape index (κ1) is 21.4. The Morgan fingerprint density at radius 3 is 2.44 bits per heavy atom. The quantitative estimate of drug-likeness (QED) is 0.599. The van der Waals surface area contributed by atoms with Crippen LogP contribution >= 0.6 is 0 Å². The summed E-state index contributed by atoms with van der Waals surface area (Å²) in [6.45, 7) is 0.551. The van der Waals surface area contributed by atoms with Crippen LogP contribution in [0.5, 0.6) is 0 Å². The second kappa shape index (κ2) is 9.51. The zero-order chi connectivity index (χ0) is 22.5. The van der Waals surface area contributed by atoms with Crippen LogP contribution in [0.15, 0.2) is 61.1 Å². The van der Waals surface area contributed by atoms with Gasteiger partial charge in [0.25, 0.3) is 5.91 Å². The number of aromatic nitrogens is 3. The fourth-order valence-electron chi connectivity index (χ4n) is 3.81. The number of ether oxygens (including phenoxy) is 1. The van der Waals surface area contributed by atoms with Crippen molar-refractivity contribution in [3.8, 4) is 5.82 Å². The molecule has 0 bridgehead atoms. The van der Waals surface area contributed by atoms with Gasteiger partial charge in [-0.3, -0.25) is 14.3 Å². The van der Waals surface area contributed by atoms with Gasteiger partial charge in [-0.1, -0.05) is 18.2 Å². The molecular weight excluding hydrogens is 410 g/mol. The van der Waals surface area contributed by atoms with Gasteiger partial charge in [0, 0.05) is 44.1 Å². The van der Waals surface area contributed by atoms with Crippen LogP contribution in [0.1, 0.15) is 23.2 Å². The summed E-state index contributed by atoms with van der Waals surface area (Å²) in [5, 5.41) is 7.04. The topological polar surface area (TPSA) is 98.5 Å². The average molecular weight is 435 g/mol. The second-order valence-corrected chi connectivity index (χ2v) is 7.68. The fraction of sp³-hybridized carbons (Fsp3) is 0.304. The van der Waals surface area contributed by atoms with E-state index in [1.165, 1.54) is 6.20 Å². The molecular formula is C23H25N5O4. The van der Waals surface area contributed by atoms with Gasteiger partial charge in [0.2, 0.25) is 5.91 Å². The van der Waals surface area contributed by atoms with Crippen molar-refractivity contribution in [2.24, 2.45) is 13.0 Å². The molecule has 4 rings (SSSR count). The summed E-state index contributed by atoms with van der Waals surface area (Å²) in [5.74, 6) is -0.498. The maximum absolute atomic E-state index is 12.6. The maximum Gasteiger partial charge on any atom is 0.344 e. The summed E-state index contributed by atoms with van der Waals surface area (Å²) < 4.78 is 8.61. The van der Waals surface area contributed by atoms with E-state index in [1.54, 1.807) is 33.6 Å². The lowest BCUT2D eigenvalue weighted by atomic mass is 9.95. The standard InChI is InChI=1S/C23H25N5O4/c1-26-22(28-11-5-6-12-28)19(15-24-26)23(31)32-16-20(29)27-13-9-17(10-14-27)21(30)25-18-7-3-2-4-8-18/h2-8,11-12,15,17H,9-10,13-14,16H2,1H3,(H,25,30). The number of nitrogens with one attached hydrogen (secondary N) is 1. The molecule has 0 saturated carbocycles.